The van der Waals surface area contributed by atoms with Crippen molar-refractivity contribution < 1.29 is 9.53 Å². The molecule has 2 unspecified atom stereocenters. The minimum absolute atomic E-state index is 0.136. The van der Waals surface area contributed by atoms with Gasteiger partial charge in [-0.1, -0.05) is 6.07 Å². The van der Waals surface area contributed by atoms with Crippen LogP contribution in [0.1, 0.15) is 24.4 Å². The molecule has 1 aliphatic heterocycles. The quantitative estimate of drug-likeness (QED) is 0.804. The molecule has 0 bridgehead atoms. The predicted molar refractivity (Wildman–Crippen MR) is 64.3 cm³/mol. The van der Waals surface area contributed by atoms with Crippen molar-refractivity contribution >= 4 is 5.91 Å². The van der Waals surface area contributed by atoms with Crippen molar-refractivity contribution in [2.24, 2.45) is 0 Å². The van der Waals surface area contributed by atoms with Crippen LogP contribution in [-0.2, 0) is 9.53 Å². The molecule has 0 spiro atoms. The minimum atomic E-state index is -0.615. The second-order valence-electron chi connectivity index (χ2n) is 4.27. The maximum atomic E-state index is 12.1. The molecular weight excluding hydrogens is 230 g/mol. The summed E-state index contributed by atoms with van der Waals surface area (Å²) in [4.78, 5) is 17.6. The van der Waals surface area contributed by atoms with Crippen molar-refractivity contribution in [3.8, 4) is 6.07 Å². The number of rotatable bonds is 3. The molecule has 1 aliphatic rings. The molecule has 1 aromatic heterocycles. The van der Waals surface area contributed by atoms with Crippen LogP contribution in [0.3, 0.4) is 0 Å². The smallest absolute Gasteiger partial charge is 0.252 e. The Labute approximate surface area is 106 Å². The number of nitrogens with zero attached hydrogens (tertiary/aromatic N) is 3. The van der Waals surface area contributed by atoms with Gasteiger partial charge in [-0.05, 0) is 18.9 Å². The number of amides is 1. The van der Waals surface area contributed by atoms with E-state index >= 15 is 0 Å². The first-order valence-electron chi connectivity index (χ1n) is 5.92. The van der Waals surface area contributed by atoms with Gasteiger partial charge in [-0.2, -0.15) is 5.26 Å². The van der Waals surface area contributed by atoms with E-state index in [4.69, 9.17) is 4.74 Å². The minimum Gasteiger partial charge on any atom is -0.368 e. The molecule has 1 aromatic rings. The summed E-state index contributed by atoms with van der Waals surface area (Å²) < 4.78 is 5.35. The molecule has 5 nitrogen and oxygen atoms in total. The Bertz CT molecular complexity index is 449. The number of ether oxygens (including phenoxy) is 1. The normalized spacial score (nSPS) is 20.1. The number of hydrogen-bond donors (Lipinski definition) is 0. The van der Waals surface area contributed by atoms with Crippen LogP contribution < -0.4 is 0 Å². The third-order valence-electron chi connectivity index (χ3n) is 3.06. The van der Waals surface area contributed by atoms with Gasteiger partial charge in [-0.3, -0.25) is 9.78 Å². The highest BCUT2D eigenvalue weighted by Gasteiger charge is 2.30. The SMILES string of the molecule is CN(C(=O)C1CCCO1)C(C#N)c1cccnc1. The summed E-state index contributed by atoms with van der Waals surface area (Å²) in [5.41, 5.74) is 0.717. The highest BCUT2D eigenvalue weighted by molar-refractivity contribution is 5.81. The Hall–Kier alpha value is -1.93. The third-order valence-corrected chi connectivity index (χ3v) is 3.06. The van der Waals surface area contributed by atoms with Gasteiger partial charge in [0.1, 0.15) is 12.1 Å². The van der Waals surface area contributed by atoms with Gasteiger partial charge in [0.2, 0.25) is 0 Å². The lowest BCUT2D eigenvalue weighted by Gasteiger charge is -2.25. The van der Waals surface area contributed by atoms with Crippen molar-refractivity contribution in [1.29, 1.82) is 5.26 Å². The topological polar surface area (TPSA) is 66.2 Å². The summed E-state index contributed by atoms with van der Waals surface area (Å²) in [7, 11) is 1.63. The molecule has 1 saturated heterocycles. The highest BCUT2D eigenvalue weighted by Crippen LogP contribution is 2.21. The van der Waals surface area contributed by atoms with Crippen molar-refractivity contribution in [3.63, 3.8) is 0 Å². The van der Waals surface area contributed by atoms with Gasteiger partial charge in [0.05, 0.1) is 6.07 Å². The zero-order chi connectivity index (χ0) is 13.0. The van der Waals surface area contributed by atoms with Gasteiger partial charge in [0.15, 0.2) is 0 Å². The molecule has 0 aromatic carbocycles. The Balaban J connectivity index is 2.13. The average molecular weight is 245 g/mol. The van der Waals surface area contributed by atoms with Gasteiger partial charge >= 0.3 is 0 Å². The summed E-state index contributed by atoms with van der Waals surface area (Å²) in [5.74, 6) is -0.136. The van der Waals surface area contributed by atoms with Crippen molar-refractivity contribution in [3.05, 3.63) is 30.1 Å². The van der Waals surface area contributed by atoms with Crippen LogP contribution in [0.5, 0.6) is 0 Å². The number of hydrogen-bond acceptors (Lipinski definition) is 4. The summed E-state index contributed by atoms with van der Waals surface area (Å²) in [5, 5.41) is 9.23. The standard InChI is InChI=1S/C13H15N3O2/c1-16(13(17)12-5-3-7-18-12)11(8-14)10-4-2-6-15-9-10/h2,4,6,9,11-12H,3,5,7H2,1H3. The van der Waals surface area contributed by atoms with E-state index in [0.717, 1.165) is 12.8 Å². The molecule has 2 heterocycles. The van der Waals surface area contributed by atoms with Crippen LogP contribution in [-0.4, -0.2) is 35.5 Å². The lowest BCUT2D eigenvalue weighted by Crippen LogP contribution is -2.38. The summed E-state index contributed by atoms with van der Waals surface area (Å²) in [6.07, 6.45) is 4.47. The zero-order valence-corrected chi connectivity index (χ0v) is 10.2. The molecule has 1 fully saturated rings. The van der Waals surface area contributed by atoms with E-state index in [-0.39, 0.29) is 5.91 Å². The number of nitriles is 1. The molecular formula is C13H15N3O2. The van der Waals surface area contributed by atoms with Gasteiger partial charge in [0, 0.05) is 31.6 Å². The van der Waals surface area contributed by atoms with E-state index in [2.05, 4.69) is 11.1 Å². The molecule has 2 rings (SSSR count). The number of aromatic nitrogens is 1. The molecule has 0 saturated carbocycles. The maximum absolute atomic E-state index is 12.1. The number of likely N-dealkylation sites (N-methyl/N-ethyl adjacent to an activating group) is 1. The molecule has 1 amide bonds. The Morgan fingerprint density at radius 1 is 1.72 bits per heavy atom. The van der Waals surface area contributed by atoms with E-state index < -0.39 is 12.1 Å². The molecule has 5 heteroatoms. The van der Waals surface area contributed by atoms with Crippen LogP contribution in [0, 0.1) is 11.3 Å². The number of carbonyl (C=O) groups excluding carboxylic acids is 1. The van der Waals surface area contributed by atoms with Gasteiger partial charge in [0.25, 0.3) is 5.91 Å². The van der Waals surface area contributed by atoms with Crippen molar-refractivity contribution in [2.45, 2.75) is 25.0 Å². The summed E-state index contributed by atoms with van der Waals surface area (Å²) in [6.45, 7) is 0.619. The van der Waals surface area contributed by atoms with Crippen molar-refractivity contribution in [2.75, 3.05) is 13.7 Å². The van der Waals surface area contributed by atoms with E-state index in [1.54, 1.807) is 31.6 Å². The first-order valence-corrected chi connectivity index (χ1v) is 5.92. The van der Waals surface area contributed by atoms with Gasteiger partial charge in [-0.25, -0.2) is 0 Å². The van der Waals surface area contributed by atoms with E-state index in [9.17, 15) is 10.1 Å². The fourth-order valence-electron chi connectivity index (χ4n) is 2.05. The first kappa shape index (κ1) is 12.5. The summed E-state index contributed by atoms with van der Waals surface area (Å²) in [6, 6.07) is 5.06. The fourth-order valence-corrected chi connectivity index (χ4v) is 2.05. The Kier molecular flexibility index (Phi) is 3.90. The lowest BCUT2D eigenvalue weighted by atomic mass is 10.1. The van der Waals surface area contributed by atoms with E-state index in [1.807, 2.05) is 0 Å². The van der Waals surface area contributed by atoms with Crippen LogP contribution in [0.15, 0.2) is 24.5 Å². The molecule has 0 aliphatic carbocycles. The molecule has 0 N–H and O–H groups in total. The highest BCUT2D eigenvalue weighted by atomic mass is 16.5. The number of pyridine rings is 1. The van der Waals surface area contributed by atoms with Crippen LogP contribution in [0.4, 0.5) is 0 Å². The predicted octanol–water partition coefficient (Wildman–Crippen LogP) is 1.28. The first-order chi connectivity index (χ1) is 8.74. The van der Waals surface area contributed by atoms with Gasteiger partial charge in [-0.15, -0.1) is 0 Å². The van der Waals surface area contributed by atoms with Crippen LogP contribution in [0.2, 0.25) is 0 Å². The van der Waals surface area contributed by atoms with E-state index in [0.29, 0.717) is 12.2 Å². The zero-order valence-electron chi connectivity index (χ0n) is 10.2. The Morgan fingerprint density at radius 2 is 2.56 bits per heavy atom. The van der Waals surface area contributed by atoms with Crippen LogP contribution in [0.25, 0.3) is 0 Å². The van der Waals surface area contributed by atoms with Crippen LogP contribution >= 0.6 is 0 Å². The third kappa shape index (κ3) is 2.49. The van der Waals surface area contributed by atoms with E-state index in [1.165, 1.54) is 4.90 Å². The number of carbonyl (C=O) groups is 1. The second kappa shape index (κ2) is 5.61. The Morgan fingerprint density at radius 3 is 3.11 bits per heavy atom. The lowest BCUT2D eigenvalue weighted by molar-refractivity contribution is -0.140. The molecule has 18 heavy (non-hydrogen) atoms. The van der Waals surface area contributed by atoms with Crippen molar-refractivity contribution in [1.82, 2.24) is 9.88 Å². The molecule has 0 radical (unpaired) electrons. The largest absolute Gasteiger partial charge is 0.368 e. The monoisotopic (exact) mass is 245 g/mol. The second-order valence-corrected chi connectivity index (χ2v) is 4.27. The maximum Gasteiger partial charge on any atom is 0.252 e. The molecule has 2 atom stereocenters. The average Bonchev–Trinajstić information content (AvgIpc) is 2.94. The molecule has 94 valence electrons. The fraction of sp³-hybridized carbons (Fsp3) is 0.462. The van der Waals surface area contributed by atoms with Gasteiger partial charge < -0.3 is 9.64 Å². The summed E-state index contributed by atoms with van der Waals surface area (Å²) >= 11 is 0.